The van der Waals surface area contributed by atoms with Crippen LogP contribution >= 0.6 is 0 Å². The first kappa shape index (κ1) is 11.5. The Labute approximate surface area is 67.9 Å². The lowest BCUT2D eigenvalue weighted by atomic mass is 10.5. The van der Waals surface area contributed by atoms with Gasteiger partial charge in [0.15, 0.2) is 0 Å². The quantitative estimate of drug-likeness (QED) is 0.409. The third-order valence-electron chi connectivity index (χ3n) is 0.697. The van der Waals surface area contributed by atoms with E-state index in [9.17, 15) is 0 Å². The van der Waals surface area contributed by atoms with Crippen LogP contribution in [0, 0.1) is 0 Å². The second-order valence-electron chi connectivity index (χ2n) is 1.61. The van der Waals surface area contributed by atoms with Crippen LogP contribution in [0.4, 0.5) is 0 Å². The molecule has 1 nitrogen and oxygen atoms in total. The first-order chi connectivity index (χ1) is 3.41. The van der Waals surface area contributed by atoms with Crippen LogP contribution in [-0.2, 0) is 4.74 Å². The van der Waals surface area contributed by atoms with Gasteiger partial charge in [0, 0.05) is 36.3 Å². The maximum absolute atomic E-state index is 5.13. The second kappa shape index (κ2) is 10.7. The minimum absolute atomic E-state index is 0. The molecule has 8 heavy (non-hydrogen) atoms. The van der Waals surface area contributed by atoms with Crippen molar-refractivity contribution < 1.29 is 4.74 Å². The summed E-state index contributed by atoms with van der Waals surface area (Å²) in [6, 6.07) is 0. The van der Waals surface area contributed by atoms with Gasteiger partial charge in [0.05, 0.1) is 0 Å². The van der Waals surface area contributed by atoms with Gasteiger partial charge in [0.25, 0.3) is 0 Å². The van der Waals surface area contributed by atoms with Crippen LogP contribution < -0.4 is 0 Å². The highest BCUT2D eigenvalue weighted by molar-refractivity contribution is 5.75. The van der Waals surface area contributed by atoms with Gasteiger partial charge in [0.1, 0.15) is 0 Å². The Morgan fingerprint density at radius 3 is 1.62 bits per heavy atom. The van der Waals surface area contributed by atoms with Gasteiger partial charge in [-0.2, -0.15) is 0 Å². The third-order valence-corrected chi connectivity index (χ3v) is 0.697. The van der Waals surface area contributed by atoms with Crippen molar-refractivity contribution in [1.82, 2.24) is 0 Å². The molecule has 0 N–H and O–H groups in total. The van der Waals surface area contributed by atoms with E-state index in [0.29, 0.717) is 0 Å². The minimum atomic E-state index is 0. The van der Waals surface area contributed by atoms with E-state index in [4.69, 9.17) is 4.74 Å². The molecule has 0 fully saturated rings. The van der Waals surface area contributed by atoms with Crippen LogP contribution in [0.15, 0.2) is 0 Å². The standard InChI is InChI=1S/C6H14O.Mg/c1-3-5-7-6-4-2;/h3-6H2,1-2H3;. The van der Waals surface area contributed by atoms with Gasteiger partial charge >= 0.3 is 0 Å². The lowest BCUT2D eigenvalue weighted by Gasteiger charge is -1.95. The Hall–Kier alpha value is 0.726. The van der Waals surface area contributed by atoms with Gasteiger partial charge < -0.3 is 4.74 Å². The van der Waals surface area contributed by atoms with Crippen molar-refractivity contribution in [2.24, 2.45) is 0 Å². The van der Waals surface area contributed by atoms with E-state index in [-0.39, 0.29) is 23.1 Å². The minimum Gasteiger partial charge on any atom is -0.381 e. The molecule has 0 bridgehead atoms. The van der Waals surface area contributed by atoms with Crippen molar-refractivity contribution in [3.8, 4) is 0 Å². The lowest BCUT2D eigenvalue weighted by Crippen LogP contribution is -1.92. The average molecular weight is 126 g/mol. The number of hydrogen-bond acceptors (Lipinski definition) is 1. The first-order valence-corrected chi connectivity index (χ1v) is 2.99. The molecule has 0 aromatic heterocycles. The average Bonchev–Trinajstić information content (AvgIpc) is 1.69. The number of hydrogen-bond donors (Lipinski definition) is 0. The van der Waals surface area contributed by atoms with Crippen LogP contribution in [0.25, 0.3) is 0 Å². The van der Waals surface area contributed by atoms with E-state index in [1.54, 1.807) is 0 Å². The summed E-state index contributed by atoms with van der Waals surface area (Å²) >= 11 is 0. The molecule has 0 aliphatic rings. The zero-order valence-corrected chi connectivity index (χ0v) is 7.36. The molecule has 2 heteroatoms. The Kier molecular flexibility index (Phi) is 15.3. The van der Waals surface area contributed by atoms with Gasteiger partial charge in [0.2, 0.25) is 0 Å². The molecule has 0 aliphatic carbocycles. The van der Waals surface area contributed by atoms with E-state index in [2.05, 4.69) is 13.8 Å². The molecule has 0 aliphatic heterocycles. The number of rotatable bonds is 4. The van der Waals surface area contributed by atoms with E-state index >= 15 is 0 Å². The fourth-order valence-corrected chi connectivity index (χ4v) is 0.391. The summed E-state index contributed by atoms with van der Waals surface area (Å²) in [5.41, 5.74) is 0. The van der Waals surface area contributed by atoms with Crippen molar-refractivity contribution in [1.29, 1.82) is 0 Å². The zero-order valence-electron chi connectivity index (χ0n) is 5.94. The topological polar surface area (TPSA) is 9.23 Å². The smallest absolute Gasteiger partial charge is 0.0463 e. The second-order valence-corrected chi connectivity index (χ2v) is 1.61. The summed E-state index contributed by atoms with van der Waals surface area (Å²) in [6.07, 6.45) is 2.28. The van der Waals surface area contributed by atoms with Crippen molar-refractivity contribution in [2.75, 3.05) is 13.2 Å². The SMILES string of the molecule is CCCOCCC.[Mg]. The molecule has 0 aromatic carbocycles. The Morgan fingerprint density at radius 1 is 1.00 bits per heavy atom. The third kappa shape index (κ3) is 9.87. The summed E-state index contributed by atoms with van der Waals surface area (Å²) in [5.74, 6) is 0. The lowest BCUT2D eigenvalue weighted by molar-refractivity contribution is 0.135. The summed E-state index contributed by atoms with van der Waals surface area (Å²) in [6.45, 7) is 6.09. The number of ether oxygens (including phenoxy) is 1. The Bertz CT molecular complexity index is 27.7. The van der Waals surface area contributed by atoms with Crippen LogP contribution in [0.3, 0.4) is 0 Å². The van der Waals surface area contributed by atoms with E-state index in [1.807, 2.05) is 0 Å². The van der Waals surface area contributed by atoms with Crippen LogP contribution in [0.2, 0.25) is 0 Å². The predicted octanol–water partition coefficient (Wildman–Crippen LogP) is 1.44. The largest absolute Gasteiger partial charge is 0.381 e. The summed E-state index contributed by atoms with van der Waals surface area (Å²) in [4.78, 5) is 0. The monoisotopic (exact) mass is 126 g/mol. The zero-order chi connectivity index (χ0) is 5.54. The summed E-state index contributed by atoms with van der Waals surface area (Å²) < 4.78 is 5.13. The van der Waals surface area contributed by atoms with Gasteiger partial charge in [-0.1, -0.05) is 13.8 Å². The maximum atomic E-state index is 5.13. The molecule has 46 valence electrons. The molecule has 0 amide bonds. The highest BCUT2D eigenvalue weighted by Crippen LogP contribution is 1.81. The fourth-order valence-electron chi connectivity index (χ4n) is 0.391. The van der Waals surface area contributed by atoms with Gasteiger partial charge in [-0.25, -0.2) is 0 Å². The van der Waals surface area contributed by atoms with Crippen molar-refractivity contribution in [2.45, 2.75) is 26.7 Å². The highest BCUT2D eigenvalue weighted by atomic mass is 24.3. The van der Waals surface area contributed by atoms with Gasteiger partial charge in [-0.15, -0.1) is 0 Å². The molecule has 0 spiro atoms. The summed E-state index contributed by atoms with van der Waals surface area (Å²) in [7, 11) is 0. The van der Waals surface area contributed by atoms with E-state index < -0.39 is 0 Å². The van der Waals surface area contributed by atoms with Crippen LogP contribution in [-0.4, -0.2) is 36.3 Å². The molecule has 0 saturated heterocycles. The molecule has 2 radical (unpaired) electrons. The Balaban J connectivity index is 0. The summed E-state index contributed by atoms with van der Waals surface area (Å²) in [5, 5.41) is 0. The molecule has 0 atom stereocenters. The van der Waals surface area contributed by atoms with Crippen LogP contribution in [0.1, 0.15) is 26.7 Å². The van der Waals surface area contributed by atoms with E-state index in [0.717, 1.165) is 26.1 Å². The molecule has 0 saturated carbocycles. The van der Waals surface area contributed by atoms with Crippen LogP contribution in [0.5, 0.6) is 0 Å². The molecule has 0 heterocycles. The molecule has 0 aromatic rings. The molecule has 0 rings (SSSR count). The Morgan fingerprint density at radius 2 is 1.38 bits per heavy atom. The molecular weight excluding hydrogens is 112 g/mol. The maximum Gasteiger partial charge on any atom is 0.0463 e. The highest BCUT2D eigenvalue weighted by Gasteiger charge is 1.77. The molecular formula is C6H14MgO. The van der Waals surface area contributed by atoms with E-state index in [1.165, 1.54) is 0 Å². The van der Waals surface area contributed by atoms with Gasteiger partial charge in [-0.05, 0) is 12.8 Å². The van der Waals surface area contributed by atoms with Crippen molar-refractivity contribution in [3.05, 3.63) is 0 Å². The molecule has 0 unspecified atom stereocenters. The fraction of sp³-hybridized carbons (Fsp3) is 1.00. The van der Waals surface area contributed by atoms with Crippen molar-refractivity contribution >= 4 is 23.1 Å². The predicted molar refractivity (Wildman–Crippen MR) is 37.2 cm³/mol. The normalized spacial score (nSPS) is 8.25. The van der Waals surface area contributed by atoms with Crippen molar-refractivity contribution in [3.63, 3.8) is 0 Å². The first-order valence-electron chi connectivity index (χ1n) is 2.99. The van der Waals surface area contributed by atoms with Gasteiger partial charge in [-0.3, -0.25) is 0 Å².